The van der Waals surface area contributed by atoms with Crippen LogP contribution in [0, 0.1) is 0 Å². The maximum atomic E-state index is 11.1. The first-order valence-corrected chi connectivity index (χ1v) is 5.42. The predicted octanol–water partition coefficient (Wildman–Crippen LogP) is 1.34. The minimum atomic E-state index is 0.0337. The molecule has 0 unspecified atom stereocenters. The van der Waals surface area contributed by atoms with Crippen LogP contribution in [0.4, 0.5) is 0 Å². The van der Waals surface area contributed by atoms with E-state index in [9.17, 15) is 4.79 Å². The highest BCUT2D eigenvalue weighted by Crippen LogP contribution is 2.07. The van der Waals surface area contributed by atoms with Crippen molar-refractivity contribution in [3.63, 3.8) is 0 Å². The highest BCUT2D eigenvalue weighted by atomic mass is 16.1. The molecule has 1 amide bonds. The van der Waals surface area contributed by atoms with Gasteiger partial charge in [0.05, 0.1) is 6.42 Å². The van der Waals surface area contributed by atoms with Gasteiger partial charge in [0.15, 0.2) is 0 Å². The lowest BCUT2D eigenvalue weighted by atomic mass is 10.1. The van der Waals surface area contributed by atoms with Crippen molar-refractivity contribution in [1.29, 1.82) is 0 Å². The number of carbonyl (C=O) groups is 1. The quantitative estimate of drug-likeness (QED) is 0.783. The molecule has 86 valence electrons. The molecule has 0 saturated heterocycles. The third-order valence-corrected chi connectivity index (χ3v) is 2.27. The van der Waals surface area contributed by atoms with E-state index in [1.54, 1.807) is 7.05 Å². The average molecular weight is 218 g/mol. The van der Waals surface area contributed by atoms with Crippen LogP contribution in [0.1, 0.15) is 17.5 Å². The van der Waals surface area contributed by atoms with Crippen LogP contribution in [0.5, 0.6) is 0 Å². The average Bonchev–Trinajstić information content (AvgIpc) is 2.31. The number of hydrogen-bond donors (Lipinski definition) is 2. The van der Waals surface area contributed by atoms with Gasteiger partial charge in [0.25, 0.3) is 0 Å². The molecule has 0 fully saturated rings. The van der Waals surface area contributed by atoms with Gasteiger partial charge in [-0.2, -0.15) is 0 Å². The van der Waals surface area contributed by atoms with Crippen LogP contribution < -0.4 is 11.1 Å². The van der Waals surface area contributed by atoms with Crippen molar-refractivity contribution in [2.75, 3.05) is 13.6 Å². The zero-order valence-corrected chi connectivity index (χ0v) is 9.57. The molecule has 0 heterocycles. The molecule has 0 atom stereocenters. The van der Waals surface area contributed by atoms with Crippen molar-refractivity contribution in [2.24, 2.45) is 5.73 Å². The lowest BCUT2D eigenvalue weighted by Crippen LogP contribution is -2.19. The Morgan fingerprint density at radius 3 is 2.62 bits per heavy atom. The first-order valence-electron chi connectivity index (χ1n) is 5.42. The Morgan fingerprint density at radius 1 is 1.38 bits per heavy atom. The molecule has 0 aliphatic carbocycles. The van der Waals surface area contributed by atoms with Crippen LogP contribution in [0.2, 0.25) is 0 Å². The Balaban J connectivity index is 2.57. The minimum absolute atomic E-state index is 0.0337. The smallest absolute Gasteiger partial charge is 0.224 e. The fourth-order valence-corrected chi connectivity index (χ4v) is 1.34. The molecular formula is C13H18N2O. The molecule has 0 saturated carbocycles. The molecule has 0 bridgehead atoms. The highest BCUT2D eigenvalue weighted by molar-refractivity contribution is 5.78. The fraction of sp³-hybridized carbons (Fsp3) is 0.308. The van der Waals surface area contributed by atoms with Crippen LogP contribution in [0.15, 0.2) is 30.3 Å². The van der Waals surface area contributed by atoms with E-state index in [1.165, 1.54) is 0 Å². The van der Waals surface area contributed by atoms with E-state index in [0.717, 1.165) is 17.5 Å². The standard InChI is InChI=1S/C13H18N2O/c1-15-13(16)10-12-7-5-11(6-8-12)4-2-3-9-14/h2,4-8H,3,9-10,14H2,1H3,(H,15,16). The number of likely N-dealkylation sites (N-methyl/N-ethyl adjacent to an activating group) is 1. The maximum absolute atomic E-state index is 11.1. The summed E-state index contributed by atoms with van der Waals surface area (Å²) in [7, 11) is 1.65. The summed E-state index contributed by atoms with van der Waals surface area (Å²) in [5, 5.41) is 2.60. The molecule has 3 heteroatoms. The second-order valence-corrected chi connectivity index (χ2v) is 3.57. The number of nitrogens with one attached hydrogen (secondary N) is 1. The first-order chi connectivity index (χ1) is 7.76. The summed E-state index contributed by atoms with van der Waals surface area (Å²) in [5.41, 5.74) is 7.55. The third-order valence-electron chi connectivity index (χ3n) is 2.27. The molecule has 1 aromatic rings. The summed E-state index contributed by atoms with van der Waals surface area (Å²) in [6.45, 7) is 0.672. The fourth-order valence-electron chi connectivity index (χ4n) is 1.34. The second-order valence-electron chi connectivity index (χ2n) is 3.57. The van der Waals surface area contributed by atoms with Crippen LogP contribution in [0.25, 0.3) is 6.08 Å². The topological polar surface area (TPSA) is 55.1 Å². The lowest BCUT2D eigenvalue weighted by Gasteiger charge is -2.00. The summed E-state index contributed by atoms with van der Waals surface area (Å²) < 4.78 is 0. The molecular weight excluding hydrogens is 200 g/mol. The zero-order valence-electron chi connectivity index (χ0n) is 9.57. The van der Waals surface area contributed by atoms with E-state index in [4.69, 9.17) is 5.73 Å². The molecule has 0 aliphatic rings. The van der Waals surface area contributed by atoms with E-state index < -0.39 is 0 Å². The molecule has 3 N–H and O–H groups in total. The Morgan fingerprint density at radius 2 is 2.06 bits per heavy atom. The molecule has 1 rings (SSSR count). The first kappa shape index (κ1) is 12.5. The number of amides is 1. The Labute approximate surface area is 96.3 Å². The number of carbonyl (C=O) groups excluding carboxylic acids is 1. The Bertz CT molecular complexity index is 355. The molecule has 0 radical (unpaired) electrons. The minimum Gasteiger partial charge on any atom is -0.359 e. The number of rotatable bonds is 5. The number of hydrogen-bond acceptors (Lipinski definition) is 2. The predicted molar refractivity (Wildman–Crippen MR) is 66.9 cm³/mol. The number of benzene rings is 1. The van der Waals surface area contributed by atoms with Crippen molar-refractivity contribution in [3.8, 4) is 0 Å². The van der Waals surface area contributed by atoms with Crippen LogP contribution in [-0.2, 0) is 11.2 Å². The monoisotopic (exact) mass is 218 g/mol. The van der Waals surface area contributed by atoms with Gasteiger partial charge in [0, 0.05) is 7.05 Å². The normalized spacial score (nSPS) is 10.6. The summed E-state index contributed by atoms with van der Waals surface area (Å²) in [4.78, 5) is 11.1. The van der Waals surface area contributed by atoms with Crippen molar-refractivity contribution < 1.29 is 4.79 Å². The van der Waals surface area contributed by atoms with Gasteiger partial charge in [-0.25, -0.2) is 0 Å². The molecule has 3 nitrogen and oxygen atoms in total. The van der Waals surface area contributed by atoms with Crippen LogP contribution >= 0.6 is 0 Å². The van der Waals surface area contributed by atoms with E-state index in [1.807, 2.05) is 36.4 Å². The summed E-state index contributed by atoms with van der Waals surface area (Å²) in [5.74, 6) is 0.0337. The van der Waals surface area contributed by atoms with Crippen LogP contribution in [-0.4, -0.2) is 19.5 Å². The van der Waals surface area contributed by atoms with Gasteiger partial charge in [-0.15, -0.1) is 0 Å². The lowest BCUT2D eigenvalue weighted by molar-refractivity contribution is -0.119. The van der Waals surface area contributed by atoms with Crippen LogP contribution in [0.3, 0.4) is 0 Å². The molecule has 0 aromatic heterocycles. The molecule has 1 aromatic carbocycles. The van der Waals surface area contributed by atoms with E-state index in [-0.39, 0.29) is 5.91 Å². The Kier molecular flexibility index (Phi) is 5.29. The van der Waals surface area contributed by atoms with E-state index >= 15 is 0 Å². The van der Waals surface area contributed by atoms with Gasteiger partial charge in [-0.3, -0.25) is 4.79 Å². The molecule has 16 heavy (non-hydrogen) atoms. The molecule has 0 spiro atoms. The van der Waals surface area contributed by atoms with Crippen molar-refractivity contribution in [1.82, 2.24) is 5.32 Å². The zero-order chi connectivity index (χ0) is 11.8. The van der Waals surface area contributed by atoms with Gasteiger partial charge in [0.2, 0.25) is 5.91 Å². The van der Waals surface area contributed by atoms with E-state index in [2.05, 4.69) is 5.32 Å². The second kappa shape index (κ2) is 6.80. The van der Waals surface area contributed by atoms with Gasteiger partial charge in [0.1, 0.15) is 0 Å². The summed E-state index contributed by atoms with van der Waals surface area (Å²) >= 11 is 0. The summed E-state index contributed by atoms with van der Waals surface area (Å²) in [6.07, 6.45) is 5.41. The van der Waals surface area contributed by atoms with Gasteiger partial charge in [-0.1, -0.05) is 36.4 Å². The van der Waals surface area contributed by atoms with Gasteiger partial charge < -0.3 is 11.1 Å². The van der Waals surface area contributed by atoms with Gasteiger partial charge in [-0.05, 0) is 24.1 Å². The maximum Gasteiger partial charge on any atom is 0.224 e. The number of nitrogens with two attached hydrogens (primary N) is 1. The van der Waals surface area contributed by atoms with Crippen molar-refractivity contribution in [2.45, 2.75) is 12.8 Å². The van der Waals surface area contributed by atoms with Crippen molar-refractivity contribution in [3.05, 3.63) is 41.5 Å². The van der Waals surface area contributed by atoms with Crippen molar-refractivity contribution >= 4 is 12.0 Å². The largest absolute Gasteiger partial charge is 0.359 e. The Hall–Kier alpha value is -1.61. The third kappa shape index (κ3) is 4.28. The van der Waals surface area contributed by atoms with E-state index in [0.29, 0.717) is 13.0 Å². The molecule has 0 aliphatic heterocycles. The van der Waals surface area contributed by atoms with Gasteiger partial charge >= 0.3 is 0 Å². The SMILES string of the molecule is CNC(=O)Cc1ccc(C=CCCN)cc1. The summed E-state index contributed by atoms with van der Waals surface area (Å²) in [6, 6.07) is 7.95. The highest BCUT2D eigenvalue weighted by Gasteiger charge is 1.99.